The number of nitrogens with zero attached hydrogens (tertiary/aromatic N) is 1. The second-order valence-electron chi connectivity index (χ2n) is 8.46. The SMILES string of the molecule is CCCc1ccccc1OCC(=O)c1ccc2c(c1)N(CC(=O)NC[C@H]1CCCO1)C(=O)CO2. The molecule has 2 amide bonds. The number of ketones is 1. The molecule has 0 aliphatic carbocycles. The van der Waals surface area contributed by atoms with Crippen molar-refractivity contribution < 1.29 is 28.6 Å². The topological polar surface area (TPSA) is 94.2 Å². The largest absolute Gasteiger partial charge is 0.485 e. The summed E-state index contributed by atoms with van der Waals surface area (Å²) in [6.45, 7) is 2.78. The first kappa shape index (κ1) is 23.8. The van der Waals surface area contributed by atoms with Crippen LogP contribution in [0.4, 0.5) is 5.69 Å². The fourth-order valence-corrected chi connectivity index (χ4v) is 4.13. The van der Waals surface area contributed by atoms with Gasteiger partial charge in [-0.2, -0.15) is 0 Å². The highest BCUT2D eigenvalue weighted by molar-refractivity contribution is 6.04. The molecular weight excluding hydrogens is 436 g/mol. The number of ether oxygens (including phenoxy) is 3. The number of Topliss-reactive ketones (excluding diaryl/α,β-unsaturated/α-hetero) is 1. The Labute approximate surface area is 199 Å². The second-order valence-corrected chi connectivity index (χ2v) is 8.46. The molecule has 34 heavy (non-hydrogen) atoms. The number of rotatable bonds is 10. The molecule has 8 heteroatoms. The predicted octanol–water partition coefficient (Wildman–Crippen LogP) is 2.92. The summed E-state index contributed by atoms with van der Waals surface area (Å²) < 4.78 is 16.8. The standard InChI is InChI=1S/C26H30N2O6/c1-2-6-18-7-3-4-9-23(18)33-16-22(29)19-10-11-24-21(13-19)28(26(31)17-34-24)15-25(30)27-14-20-8-5-12-32-20/h3-4,7,9-11,13,20H,2,5-6,8,12,14-17H2,1H3,(H,27,30)/t20-/m1/s1. The lowest BCUT2D eigenvalue weighted by Crippen LogP contribution is -2.46. The number of carbonyl (C=O) groups is 3. The molecule has 1 fully saturated rings. The Bertz CT molecular complexity index is 1050. The van der Waals surface area contributed by atoms with Gasteiger partial charge in [0.15, 0.2) is 19.0 Å². The monoisotopic (exact) mass is 466 g/mol. The van der Waals surface area contributed by atoms with Crippen LogP contribution in [0, 0.1) is 0 Å². The zero-order chi connectivity index (χ0) is 23.9. The number of carbonyl (C=O) groups excluding carboxylic acids is 3. The quantitative estimate of drug-likeness (QED) is 0.541. The van der Waals surface area contributed by atoms with E-state index in [1.165, 1.54) is 4.90 Å². The molecular formula is C26H30N2O6. The van der Waals surface area contributed by atoms with E-state index in [2.05, 4.69) is 12.2 Å². The fourth-order valence-electron chi connectivity index (χ4n) is 4.13. The van der Waals surface area contributed by atoms with Gasteiger partial charge in [-0.15, -0.1) is 0 Å². The first-order valence-electron chi connectivity index (χ1n) is 11.7. The van der Waals surface area contributed by atoms with Gasteiger partial charge < -0.3 is 19.5 Å². The van der Waals surface area contributed by atoms with Crippen molar-refractivity contribution in [2.45, 2.75) is 38.7 Å². The molecule has 0 spiro atoms. The number of aryl methyl sites for hydroxylation is 1. The van der Waals surface area contributed by atoms with Crippen molar-refractivity contribution in [3.05, 3.63) is 53.6 Å². The molecule has 2 heterocycles. The molecule has 1 saturated heterocycles. The Morgan fingerprint density at radius 1 is 1.21 bits per heavy atom. The normalized spacial score (nSPS) is 17.1. The molecule has 1 atom stereocenters. The summed E-state index contributed by atoms with van der Waals surface area (Å²) in [7, 11) is 0. The van der Waals surface area contributed by atoms with Crippen LogP contribution in [0.25, 0.3) is 0 Å². The maximum atomic E-state index is 12.9. The minimum Gasteiger partial charge on any atom is -0.485 e. The Balaban J connectivity index is 1.42. The summed E-state index contributed by atoms with van der Waals surface area (Å²) in [6, 6.07) is 12.6. The summed E-state index contributed by atoms with van der Waals surface area (Å²) in [5.74, 6) is 0.296. The van der Waals surface area contributed by atoms with Crippen LogP contribution in [-0.4, -0.2) is 56.6 Å². The van der Waals surface area contributed by atoms with Crippen LogP contribution in [0.1, 0.15) is 42.1 Å². The maximum Gasteiger partial charge on any atom is 0.265 e. The van der Waals surface area contributed by atoms with Gasteiger partial charge in [-0.3, -0.25) is 19.3 Å². The summed E-state index contributed by atoms with van der Waals surface area (Å²) >= 11 is 0. The highest BCUT2D eigenvalue weighted by atomic mass is 16.5. The van der Waals surface area contributed by atoms with Gasteiger partial charge in [-0.05, 0) is 49.1 Å². The van der Waals surface area contributed by atoms with Crippen molar-refractivity contribution in [3.8, 4) is 11.5 Å². The predicted molar refractivity (Wildman–Crippen MR) is 127 cm³/mol. The van der Waals surface area contributed by atoms with Crippen LogP contribution in [0.5, 0.6) is 11.5 Å². The molecule has 0 bridgehead atoms. The summed E-state index contributed by atoms with van der Waals surface area (Å²) in [4.78, 5) is 39.3. The molecule has 0 aromatic heterocycles. The third kappa shape index (κ3) is 5.75. The van der Waals surface area contributed by atoms with Crippen LogP contribution in [0.15, 0.2) is 42.5 Å². The van der Waals surface area contributed by atoms with Crippen molar-refractivity contribution >= 4 is 23.3 Å². The van der Waals surface area contributed by atoms with Crippen molar-refractivity contribution in [1.82, 2.24) is 5.32 Å². The van der Waals surface area contributed by atoms with Gasteiger partial charge in [0.2, 0.25) is 5.91 Å². The molecule has 180 valence electrons. The van der Waals surface area contributed by atoms with Gasteiger partial charge in [0.1, 0.15) is 18.0 Å². The number of fused-ring (bicyclic) bond motifs is 1. The smallest absolute Gasteiger partial charge is 0.265 e. The van der Waals surface area contributed by atoms with Crippen LogP contribution in [0.3, 0.4) is 0 Å². The number of hydrogen-bond acceptors (Lipinski definition) is 6. The molecule has 0 radical (unpaired) electrons. The average molecular weight is 467 g/mol. The Morgan fingerprint density at radius 2 is 2.06 bits per heavy atom. The second kappa shape index (κ2) is 11.2. The van der Waals surface area contributed by atoms with Crippen molar-refractivity contribution in [2.24, 2.45) is 0 Å². The van der Waals surface area contributed by atoms with E-state index in [1.54, 1.807) is 18.2 Å². The van der Waals surface area contributed by atoms with E-state index in [0.29, 0.717) is 35.9 Å². The minimum absolute atomic E-state index is 0.0170. The molecule has 4 rings (SSSR count). The van der Waals surface area contributed by atoms with Crippen LogP contribution in [0.2, 0.25) is 0 Å². The molecule has 8 nitrogen and oxygen atoms in total. The van der Waals surface area contributed by atoms with Gasteiger partial charge in [0.25, 0.3) is 5.91 Å². The number of para-hydroxylation sites is 1. The van der Waals surface area contributed by atoms with E-state index < -0.39 is 0 Å². The lowest BCUT2D eigenvalue weighted by Gasteiger charge is -2.29. The van der Waals surface area contributed by atoms with Crippen molar-refractivity contribution in [1.29, 1.82) is 0 Å². The Kier molecular flexibility index (Phi) is 7.80. The van der Waals surface area contributed by atoms with Gasteiger partial charge in [-0.1, -0.05) is 31.5 Å². The van der Waals surface area contributed by atoms with Gasteiger partial charge in [-0.25, -0.2) is 0 Å². The number of amides is 2. The maximum absolute atomic E-state index is 12.9. The van der Waals surface area contributed by atoms with Gasteiger partial charge >= 0.3 is 0 Å². The third-order valence-electron chi connectivity index (χ3n) is 5.93. The summed E-state index contributed by atoms with van der Waals surface area (Å²) in [6.07, 6.45) is 3.76. The van der Waals surface area contributed by atoms with Gasteiger partial charge in [0.05, 0.1) is 11.8 Å². The van der Waals surface area contributed by atoms with Crippen LogP contribution in [-0.2, 0) is 20.7 Å². The molecule has 2 aromatic rings. The van der Waals surface area contributed by atoms with E-state index in [0.717, 1.165) is 31.2 Å². The fraction of sp³-hybridized carbons (Fsp3) is 0.423. The highest BCUT2D eigenvalue weighted by Gasteiger charge is 2.29. The van der Waals surface area contributed by atoms with E-state index in [4.69, 9.17) is 14.2 Å². The zero-order valence-corrected chi connectivity index (χ0v) is 19.4. The summed E-state index contributed by atoms with van der Waals surface area (Å²) in [5, 5.41) is 2.83. The average Bonchev–Trinajstić information content (AvgIpc) is 3.37. The Hall–Kier alpha value is -3.39. The minimum atomic E-state index is -0.339. The lowest BCUT2D eigenvalue weighted by atomic mass is 10.1. The van der Waals surface area contributed by atoms with Crippen LogP contribution < -0.4 is 19.7 Å². The highest BCUT2D eigenvalue weighted by Crippen LogP contribution is 2.33. The molecule has 2 aliphatic heterocycles. The first-order chi connectivity index (χ1) is 16.5. The molecule has 0 unspecified atom stereocenters. The summed E-state index contributed by atoms with van der Waals surface area (Å²) in [5.41, 5.74) is 1.85. The third-order valence-corrected chi connectivity index (χ3v) is 5.93. The first-order valence-corrected chi connectivity index (χ1v) is 11.7. The lowest BCUT2D eigenvalue weighted by molar-refractivity contribution is -0.125. The molecule has 0 saturated carbocycles. The molecule has 2 aliphatic rings. The van der Waals surface area contributed by atoms with Crippen molar-refractivity contribution in [3.63, 3.8) is 0 Å². The number of benzene rings is 2. The van der Waals surface area contributed by atoms with Crippen molar-refractivity contribution in [2.75, 3.05) is 37.8 Å². The molecule has 2 aromatic carbocycles. The van der Waals surface area contributed by atoms with E-state index >= 15 is 0 Å². The van der Waals surface area contributed by atoms with Gasteiger partial charge in [0, 0.05) is 18.7 Å². The number of hydrogen-bond donors (Lipinski definition) is 1. The number of anilines is 1. The van der Waals surface area contributed by atoms with Crippen LogP contribution >= 0.6 is 0 Å². The molecule has 1 N–H and O–H groups in total. The van der Waals surface area contributed by atoms with E-state index in [9.17, 15) is 14.4 Å². The van der Waals surface area contributed by atoms with E-state index in [-0.39, 0.29) is 43.5 Å². The zero-order valence-electron chi connectivity index (χ0n) is 19.4. The number of nitrogens with one attached hydrogen (secondary N) is 1. The Morgan fingerprint density at radius 3 is 2.85 bits per heavy atom. The van der Waals surface area contributed by atoms with E-state index in [1.807, 2.05) is 24.3 Å².